The van der Waals surface area contributed by atoms with Crippen LogP contribution in [0.4, 0.5) is 13.2 Å². The van der Waals surface area contributed by atoms with Gasteiger partial charge in [0.25, 0.3) is 0 Å². The highest BCUT2D eigenvalue weighted by molar-refractivity contribution is 5.82. The molecule has 0 aliphatic carbocycles. The van der Waals surface area contributed by atoms with Gasteiger partial charge in [0.15, 0.2) is 0 Å². The molecule has 0 fully saturated rings. The molecule has 2 aromatic carbocycles. The van der Waals surface area contributed by atoms with E-state index in [0.29, 0.717) is 22.5 Å². The van der Waals surface area contributed by atoms with Crippen LogP contribution in [0.5, 0.6) is 0 Å². The fourth-order valence-corrected chi connectivity index (χ4v) is 2.17. The number of hydrogen-bond acceptors (Lipinski definition) is 2. The predicted octanol–water partition coefficient (Wildman–Crippen LogP) is 3.74. The lowest BCUT2D eigenvalue weighted by Crippen LogP contribution is -2.04. The van der Waals surface area contributed by atoms with Gasteiger partial charge < -0.3 is 10.1 Å². The van der Waals surface area contributed by atoms with Crippen molar-refractivity contribution in [3.8, 4) is 11.4 Å². The topological polar surface area (TPSA) is 48.9 Å². The third-order valence-electron chi connectivity index (χ3n) is 3.25. The molecule has 3 rings (SSSR count). The number of halogens is 3. The molecule has 2 N–H and O–H groups in total. The van der Waals surface area contributed by atoms with Crippen LogP contribution < -0.4 is 0 Å². The van der Waals surface area contributed by atoms with Crippen molar-refractivity contribution in [1.29, 1.82) is 0 Å². The van der Waals surface area contributed by atoms with Crippen LogP contribution in [-0.2, 0) is 12.8 Å². The van der Waals surface area contributed by atoms with Gasteiger partial charge in [-0.15, -0.1) is 0 Å². The number of fused-ring (bicyclic) bond motifs is 1. The molecule has 0 saturated carbocycles. The van der Waals surface area contributed by atoms with E-state index in [1.807, 2.05) is 0 Å². The van der Waals surface area contributed by atoms with Gasteiger partial charge in [-0.25, -0.2) is 4.98 Å². The number of aliphatic hydroxyl groups is 1. The largest absolute Gasteiger partial charge is 0.416 e. The van der Waals surface area contributed by atoms with Crippen molar-refractivity contribution < 1.29 is 18.3 Å². The van der Waals surface area contributed by atoms with Gasteiger partial charge in [-0.1, -0.05) is 24.3 Å². The minimum Gasteiger partial charge on any atom is -0.392 e. The molecular formula is C15H11F3N2O. The molecule has 21 heavy (non-hydrogen) atoms. The van der Waals surface area contributed by atoms with Gasteiger partial charge in [0.2, 0.25) is 0 Å². The first-order valence-corrected chi connectivity index (χ1v) is 6.25. The molecule has 3 nitrogen and oxygen atoms in total. The number of aromatic nitrogens is 2. The van der Waals surface area contributed by atoms with Gasteiger partial charge in [0, 0.05) is 11.1 Å². The summed E-state index contributed by atoms with van der Waals surface area (Å²) < 4.78 is 37.6. The maximum atomic E-state index is 12.5. The zero-order valence-electron chi connectivity index (χ0n) is 10.8. The summed E-state index contributed by atoms with van der Waals surface area (Å²) >= 11 is 0. The molecule has 1 heterocycles. The van der Waals surface area contributed by atoms with Crippen molar-refractivity contribution in [3.05, 3.63) is 53.6 Å². The predicted molar refractivity (Wildman–Crippen MR) is 72.5 cm³/mol. The van der Waals surface area contributed by atoms with Crippen molar-refractivity contribution in [1.82, 2.24) is 9.97 Å². The lowest BCUT2D eigenvalue weighted by atomic mass is 10.1. The van der Waals surface area contributed by atoms with Gasteiger partial charge in [0.1, 0.15) is 5.82 Å². The first-order valence-electron chi connectivity index (χ1n) is 6.25. The van der Waals surface area contributed by atoms with Crippen LogP contribution in [0, 0.1) is 0 Å². The number of alkyl halides is 3. The Bertz CT molecular complexity index is 776. The Labute approximate surface area is 118 Å². The second-order valence-corrected chi connectivity index (χ2v) is 4.63. The van der Waals surface area contributed by atoms with Crippen LogP contribution in [0.2, 0.25) is 0 Å². The number of H-pyrrole nitrogens is 1. The van der Waals surface area contributed by atoms with Gasteiger partial charge in [0.05, 0.1) is 23.2 Å². The Morgan fingerprint density at radius 1 is 1.05 bits per heavy atom. The zero-order chi connectivity index (χ0) is 15.0. The number of nitrogens with one attached hydrogen (secondary N) is 1. The van der Waals surface area contributed by atoms with Crippen molar-refractivity contribution in [3.63, 3.8) is 0 Å². The van der Waals surface area contributed by atoms with E-state index in [1.165, 1.54) is 12.1 Å². The van der Waals surface area contributed by atoms with E-state index in [9.17, 15) is 18.3 Å². The number of rotatable bonds is 2. The molecule has 1 aromatic heterocycles. The third kappa shape index (κ3) is 2.50. The quantitative estimate of drug-likeness (QED) is 0.756. The highest BCUT2D eigenvalue weighted by Gasteiger charge is 2.30. The van der Waals surface area contributed by atoms with Gasteiger partial charge in [-0.2, -0.15) is 13.2 Å². The number of aliphatic hydroxyl groups excluding tert-OH is 1. The highest BCUT2D eigenvalue weighted by atomic mass is 19.4. The molecule has 0 bridgehead atoms. The van der Waals surface area contributed by atoms with Crippen LogP contribution in [0.3, 0.4) is 0 Å². The SMILES string of the molecule is OCc1cccc2[nH]c(-c3ccc(C(F)(F)F)cc3)nc12. The van der Waals surface area contributed by atoms with Crippen LogP contribution in [-0.4, -0.2) is 15.1 Å². The maximum absolute atomic E-state index is 12.5. The number of nitrogens with zero attached hydrogens (tertiary/aromatic N) is 1. The summed E-state index contributed by atoms with van der Waals surface area (Å²) in [5, 5.41) is 9.26. The zero-order valence-corrected chi connectivity index (χ0v) is 10.8. The summed E-state index contributed by atoms with van der Waals surface area (Å²) in [5.74, 6) is 0.472. The van der Waals surface area contributed by atoms with E-state index < -0.39 is 11.7 Å². The van der Waals surface area contributed by atoms with Crippen molar-refractivity contribution >= 4 is 11.0 Å². The van der Waals surface area contributed by atoms with Crippen molar-refractivity contribution in [2.24, 2.45) is 0 Å². The Morgan fingerprint density at radius 2 is 1.76 bits per heavy atom. The van der Waals surface area contributed by atoms with E-state index in [2.05, 4.69) is 9.97 Å². The molecule has 0 aliphatic heterocycles. The van der Waals surface area contributed by atoms with E-state index in [0.717, 1.165) is 17.6 Å². The van der Waals surface area contributed by atoms with Gasteiger partial charge in [-0.05, 0) is 18.2 Å². The third-order valence-corrected chi connectivity index (χ3v) is 3.25. The standard InChI is InChI=1S/C15H11F3N2O/c16-15(17,18)11-6-4-9(5-7-11)14-19-12-3-1-2-10(8-21)13(12)20-14/h1-7,21H,8H2,(H,19,20). The Kier molecular flexibility index (Phi) is 3.17. The molecule has 0 radical (unpaired) electrons. The molecule has 0 spiro atoms. The fourth-order valence-electron chi connectivity index (χ4n) is 2.17. The van der Waals surface area contributed by atoms with E-state index in [-0.39, 0.29) is 6.61 Å². The second-order valence-electron chi connectivity index (χ2n) is 4.63. The number of imidazole rings is 1. The molecule has 0 amide bonds. The smallest absolute Gasteiger partial charge is 0.392 e. The van der Waals surface area contributed by atoms with Crippen LogP contribution in [0.1, 0.15) is 11.1 Å². The molecule has 3 aromatic rings. The maximum Gasteiger partial charge on any atom is 0.416 e. The van der Waals surface area contributed by atoms with Crippen LogP contribution in [0.25, 0.3) is 22.4 Å². The molecular weight excluding hydrogens is 281 g/mol. The summed E-state index contributed by atoms with van der Waals surface area (Å²) in [7, 11) is 0. The first-order chi connectivity index (χ1) is 9.99. The molecule has 0 aliphatic rings. The fraction of sp³-hybridized carbons (Fsp3) is 0.133. The van der Waals surface area contributed by atoms with E-state index >= 15 is 0 Å². The van der Waals surface area contributed by atoms with Gasteiger partial charge >= 0.3 is 6.18 Å². The summed E-state index contributed by atoms with van der Waals surface area (Å²) in [6, 6.07) is 10.1. The Hall–Kier alpha value is -2.34. The van der Waals surface area contributed by atoms with E-state index in [1.54, 1.807) is 18.2 Å². The summed E-state index contributed by atoms with van der Waals surface area (Å²) in [6.45, 7) is -0.144. The first kappa shape index (κ1) is 13.6. The normalized spacial score (nSPS) is 12.0. The molecule has 0 unspecified atom stereocenters. The van der Waals surface area contributed by atoms with Gasteiger partial charge in [-0.3, -0.25) is 0 Å². The Morgan fingerprint density at radius 3 is 2.38 bits per heavy atom. The number of aromatic amines is 1. The van der Waals surface area contributed by atoms with Crippen LogP contribution in [0.15, 0.2) is 42.5 Å². The molecule has 108 valence electrons. The summed E-state index contributed by atoms with van der Waals surface area (Å²) in [6.07, 6.45) is -4.35. The Balaban J connectivity index is 2.04. The second kappa shape index (κ2) is 4.89. The van der Waals surface area contributed by atoms with Crippen molar-refractivity contribution in [2.75, 3.05) is 0 Å². The minimum atomic E-state index is -4.35. The van der Waals surface area contributed by atoms with Crippen LogP contribution >= 0.6 is 0 Å². The number of hydrogen-bond donors (Lipinski definition) is 2. The highest BCUT2D eigenvalue weighted by Crippen LogP contribution is 2.31. The molecule has 0 atom stereocenters. The lowest BCUT2D eigenvalue weighted by molar-refractivity contribution is -0.137. The summed E-state index contributed by atoms with van der Waals surface area (Å²) in [4.78, 5) is 7.39. The number of para-hydroxylation sites is 1. The van der Waals surface area contributed by atoms with E-state index in [4.69, 9.17) is 0 Å². The molecule has 6 heteroatoms. The average Bonchev–Trinajstić information content (AvgIpc) is 2.90. The van der Waals surface area contributed by atoms with Crippen molar-refractivity contribution in [2.45, 2.75) is 12.8 Å². The lowest BCUT2D eigenvalue weighted by Gasteiger charge is -2.06. The summed E-state index contributed by atoms with van der Waals surface area (Å²) in [5.41, 5.74) is 1.88. The number of benzene rings is 2. The average molecular weight is 292 g/mol. The minimum absolute atomic E-state index is 0.144. The molecule has 0 saturated heterocycles. The monoisotopic (exact) mass is 292 g/mol.